The highest BCUT2D eigenvalue weighted by Crippen LogP contribution is 2.16. The van der Waals surface area contributed by atoms with Crippen molar-refractivity contribution in [1.29, 1.82) is 0 Å². The molecule has 1 aromatic heterocycles. The molecule has 0 fully saturated rings. The minimum absolute atomic E-state index is 0.0704. The largest absolute Gasteiger partial charge is 0.481 e. The number of benzene rings is 1. The van der Waals surface area contributed by atoms with Gasteiger partial charge in [-0.15, -0.1) is 10.2 Å². The zero-order valence-electron chi connectivity index (χ0n) is 10.2. The van der Waals surface area contributed by atoms with Gasteiger partial charge in [0.15, 0.2) is 5.82 Å². The van der Waals surface area contributed by atoms with E-state index in [0.29, 0.717) is 11.0 Å². The van der Waals surface area contributed by atoms with Gasteiger partial charge in [-0.25, -0.2) is 0 Å². The highest BCUT2D eigenvalue weighted by Gasteiger charge is 2.10. The number of hydrogen-bond donors (Lipinski definition) is 1. The molecule has 7 heteroatoms. The van der Waals surface area contributed by atoms with Crippen LogP contribution in [0.1, 0.15) is 11.4 Å². The van der Waals surface area contributed by atoms with Crippen molar-refractivity contribution < 1.29 is 9.90 Å². The molecule has 0 aliphatic rings. The average Bonchev–Trinajstić information content (AvgIpc) is 2.76. The Bertz CT molecular complexity index is 595. The summed E-state index contributed by atoms with van der Waals surface area (Å²) < 4.78 is 1.53. The topological polar surface area (TPSA) is 80.4 Å². The molecule has 0 atom stereocenters. The Morgan fingerprint density at radius 3 is 2.84 bits per heavy atom. The van der Waals surface area contributed by atoms with Crippen LogP contribution in [0.25, 0.3) is 0 Å². The molecule has 0 amide bonds. The van der Waals surface area contributed by atoms with Gasteiger partial charge in [0, 0.05) is 0 Å². The van der Waals surface area contributed by atoms with Gasteiger partial charge in [0.25, 0.3) is 0 Å². The first-order valence-electron chi connectivity index (χ1n) is 5.53. The summed E-state index contributed by atoms with van der Waals surface area (Å²) in [4.78, 5) is 10.6. The van der Waals surface area contributed by atoms with Crippen molar-refractivity contribution in [3.8, 4) is 0 Å². The van der Waals surface area contributed by atoms with E-state index in [4.69, 9.17) is 5.11 Å². The lowest BCUT2D eigenvalue weighted by molar-refractivity contribution is -0.133. The summed E-state index contributed by atoms with van der Waals surface area (Å²) >= 11 is 1.09. The van der Waals surface area contributed by atoms with Crippen molar-refractivity contribution in [3.05, 3.63) is 41.7 Å². The molecule has 0 bridgehead atoms. The lowest BCUT2D eigenvalue weighted by atomic mass is 10.2. The second-order valence-corrected chi connectivity index (χ2v) is 4.62. The number of carbonyl (C=O) groups is 1. The molecule has 19 heavy (non-hydrogen) atoms. The monoisotopic (exact) mass is 276 g/mol. The van der Waals surface area contributed by atoms with Gasteiger partial charge >= 0.3 is 5.97 Å². The van der Waals surface area contributed by atoms with Crippen LogP contribution in [-0.2, 0) is 4.79 Å². The standard InChI is InChI=1S/C12H12N4O2S/c1-9-14-15-12(19-8-11(17)18)16(9)13-7-10-5-3-2-4-6-10/h2-7H,8H2,1H3,(H,17,18). The maximum Gasteiger partial charge on any atom is 0.313 e. The lowest BCUT2D eigenvalue weighted by Crippen LogP contribution is -2.01. The maximum absolute atomic E-state index is 10.6. The highest BCUT2D eigenvalue weighted by atomic mass is 32.2. The molecule has 1 N–H and O–H groups in total. The van der Waals surface area contributed by atoms with E-state index in [2.05, 4.69) is 15.3 Å². The van der Waals surface area contributed by atoms with Crippen LogP contribution in [0, 0.1) is 6.92 Å². The van der Waals surface area contributed by atoms with Gasteiger partial charge in [-0.3, -0.25) is 4.79 Å². The molecule has 1 heterocycles. The van der Waals surface area contributed by atoms with Crippen LogP contribution in [0.15, 0.2) is 40.6 Å². The Morgan fingerprint density at radius 2 is 2.16 bits per heavy atom. The van der Waals surface area contributed by atoms with E-state index in [1.54, 1.807) is 13.1 Å². The van der Waals surface area contributed by atoms with Crippen molar-refractivity contribution in [2.45, 2.75) is 12.1 Å². The Hall–Kier alpha value is -2.15. The molecule has 0 aliphatic heterocycles. The summed E-state index contributed by atoms with van der Waals surface area (Å²) in [5.41, 5.74) is 0.949. The minimum Gasteiger partial charge on any atom is -0.481 e. The van der Waals surface area contributed by atoms with Crippen LogP contribution in [0.3, 0.4) is 0 Å². The van der Waals surface area contributed by atoms with Crippen molar-refractivity contribution in [2.24, 2.45) is 5.10 Å². The average molecular weight is 276 g/mol. The summed E-state index contributed by atoms with van der Waals surface area (Å²) in [7, 11) is 0. The molecular weight excluding hydrogens is 264 g/mol. The number of carboxylic acids is 1. The second kappa shape index (κ2) is 6.14. The van der Waals surface area contributed by atoms with Crippen LogP contribution in [-0.4, -0.2) is 37.9 Å². The fraction of sp³-hybridized carbons (Fsp3) is 0.167. The third kappa shape index (κ3) is 3.65. The highest BCUT2D eigenvalue weighted by molar-refractivity contribution is 7.99. The Labute approximate surface area is 114 Å². The third-order valence-corrected chi connectivity index (χ3v) is 3.12. The smallest absolute Gasteiger partial charge is 0.313 e. The number of aliphatic carboxylic acids is 1. The maximum atomic E-state index is 10.6. The van der Waals surface area contributed by atoms with Crippen molar-refractivity contribution in [2.75, 3.05) is 5.75 Å². The molecule has 0 saturated carbocycles. The summed E-state index contributed by atoms with van der Waals surface area (Å²) in [6.07, 6.45) is 1.68. The second-order valence-electron chi connectivity index (χ2n) is 3.68. The Morgan fingerprint density at radius 1 is 1.42 bits per heavy atom. The number of aromatic nitrogens is 3. The molecule has 2 rings (SSSR count). The van der Waals surface area contributed by atoms with Crippen LogP contribution < -0.4 is 0 Å². The quantitative estimate of drug-likeness (QED) is 0.663. The van der Waals surface area contributed by atoms with Crippen molar-refractivity contribution in [3.63, 3.8) is 0 Å². The summed E-state index contributed by atoms with van der Waals surface area (Å²) in [5, 5.41) is 21.2. The van der Waals surface area contributed by atoms with Gasteiger partial charge in [0.05, 0.1) is 12.0 Å². The molecule has 6 nitrogen and oxygen atoms in total. The molecule has 1 aromatic carbocycles. The van der Waals surface area contributed by atoms with Crippen LogP contribution in [0.2, 0.25) is 0 Å². The fourth-order valence-electron chi connectivity index (χ4n) is 1.35. The Balaban J connectivity index is 2.17. The number of rotatable bonds is 5. The number of thioether (sulfide) groups is 1. The van der Waals surface area contributed by atoms with Gasteiger partial charge in [-0.2, -0.15) is 9.78 Å². The molecule has 0 radical (unpaired) electrons. The predicted molar refractivity (Wildman–Crippen MR) is 72.6 cm³/mol. The van der Waals surface area contributed by atoms with Crippen LogP contribution in [0.4, 0.5) is 0 Å². The minimum atomic E-state index is -0.899. The van der Waals surface area contributed by atoms with E-state index in [0.717, 1.165) is 17.3 Å². The van der Waals surface area contributed by atoms with Gasteiger partial charge in [-0.1, -0.05) is 42.1 Å². The first kappa shape index (κ1) is 13.3. The zero-order valence-corrected chi connectivity index (χ0v) is 11.0. The molecule has 0 aliphatic carbocycles. The van der Waals surface area contributed by atoms with Gasteiger partial charge in [0.2, 0.25) is 5.16 Å². The van der Waals surface area contributed by atoms with Gasteiger partial charge < -0.3 is 5.11 Å². The lowest BCUT2D eigenvalue weighted by Gasteiger charge is -2.00. The molecule has 0 spiro atoms. The van der Waals surface area contributed by atoms with E-state index < -0.39 is 5.97 Å². The summed E-state index contributed by atoms with van der Waals surface area (Å²) in [6, 6.07) is 9.61. The van der Waals surface area contributed by atoms with E-state index >= 15 is 0 Å². The number of hydrogen-bond acceptors (Lipinski definition) is 5. The Kier molecular flexibility index (Phi) is 4.30. The van der Waals surface area contributed by atoms with E-state index in [1.165, 1.54) is 4.68 Å². The van der Waals surface area contributed by atoms with Crippen LogP contribution >= 0.6 is 11.8 Å². The molecular formula is C12H12N4O2S. The number of aryl methyl sites for hydroxylation is 1. The number of carboxylic acid groups (broad SMARTS) is 1. The van der Waals surface area contributed by atoms with E-state index in [9.17, 15) is 4.79 Å². The first-order chi connectivity index (χ1) is 9.16. The predicted octanol–water partition coefficient (Wildman–Crippen LogP) is 1.65. The third-order valence-electron chi connectivity index (χ3n) is 2.21. The molecule has 2 aromatic rings. The van der Waals surface area contributed by atoms with Gasteiger partial charge in [-0.05, 0) is 12.5 Å². The van der Waals surface area contributed by atoms with E-state index in [-0.39, 0.29) is 5.75 Å². The van der Waals surface area contributed by atoms with Gasteiger partial charge in [0.1, 0.15) is 0 Å². The molecule has 0 unspecified atom stereocenters. The normalized spacial score (nSPS) is 11.0. The van der Waals surface area contributed by atoms with Crippen LogP contribution in [0.5, 0.6) is 0 Å². The van der Waals surface area contributed by atoms with Crippen molar-refractivity contribution in [1.82, 2.24) is 14.9 Å². The summed E-state index contributed by atoms with van der Waals surface area (Å²) in [5.74, 6) is -0.358. The SMILES string of the molecule is Cc1nnc(SCC(=O)O)n1N=Cc1ccccc1. The zero-order chi connectivity index (χ0) is 13.7. The fourth-order valence-corrected chi connectivity index (χ4v) is 2.00. The van der Waals surface area contributed by atoms with Crippen molar-refractivity contribution >= 4 is 23.9 Å². The summed E-state index contributed by atoms with van der Waals surface area (Å²) in [6.45, 7) is 1.76. The van der Waals surface area contributed by atoms with E-state index in [1.807, 2.05) is 30.3 Å². The number of nitrogens with zero attached hydrogens (tertiary/aromatic N) is 4. The first-order valence-corrected chi connectivity index (χ1v) is 6.51. The molecule has 98 valence electrons. The molecule has 0 saturated heterocycles.